The minimum absolute atomic E-state index is 0.0284. The first kappa shape index (κ1) is 14.8. The Balaban J connectivity index is 1.57. The number of H-pyrrole nitrogens is 1. The molecule has 1 saturated heterocycles. The minimum atomic E-state index is -0.0284. The molecule has 0 aliphatic carbocycles. The van der Waals surface area contributed by atoms with Crippen LogP contribution in [-0.2, 0) is 0 Å². The topological polar surface area (TPSA) is 74.8 Å². The monoisotopic (exact) mass is 321 g/mol. The summed E-state index contributed by atoms with van der Waals surface area (Å²) in [7, 11) is 0. The Bertz CT molecular complexity index is 896. The fourth-order valence-corrected chi connectivity index (χ4v) is 3.37. The van der Waals surface area contributed by atoms with Crippen molar-refractivity contribution in [2.24, 2.45) is 0 Å². The molecular formula is C18H19N5O. The fourth-order valence-electron chi connectivity index (χ4n) is 3.37. The van der Waals surface area contributed by atoms with Crippen LogP contribution < -0.4 is 0 Å². The number of aryl methyl sites for hydroxylation is 2. The van der Waals surface area contributed by atoms with Gasteiger partial charge in [0.2, 0.25) is 0 Å². The molecule has 3 aromatic rings. The number of nitrogens with zero attached hydrogens (tertiary/aromatic N) is 4. The number of aromatic amines is 1. The number of hydrogen-bond donors (Lipinski definition) is 1. The molecule has 1 N–H and O–H groups in total. The lowest BCUT2D eigenvalue weighted by Gasteiger charge is -2.15. The van der Waals surface area contributed by atoms with Crippen LogP contribution in [-0.4, -0.2) is 44.1 Å². The zero-order valence-corrected chi connectivity index (χ0v) is 13.8. The molecule has 3 heterocycles. The van der Waals surface area contributed by atoms with E-state index in [1.54, 1.807) is 0 Å². The van der Waals surface area contributed by atoms with Gasteiger partial charge >= 0.3 is 0 Å². The van der Waals surface area contributed by atoms with Gasteiger partial charge in [0, 0.05) is 35.8 Å². The third kappa shape index (κ3) is 2.54. The van der Waals surface area contributed by atoms with Crippen LogP contribution in [0.4, 0.5) is 0 Å². The molecule has 0 saturated carbocycles. The standard InChI is InChI=1S/C18H19N5O/c1-11-9-12(2)20-17(19-11)13-7-8-23(10-13)18(24)16-14-5-3-4-6-15(14)21-22-16/h3-6,9,13H,7-8,10H2,1-2H3,(H,21,22)/t13-/m0/s1. The predicted octanol–water partition coefficient (Wildman–Crippen LogP) is 2.60. The second-order valence-corrected chi connectivity index (χ2v) is 6.36. The van der Waals surface area contributed by atoms with Crippen LogP contribution >= 0.6 is 0 Å². The van der Waals surface area contributed by atoms with Crippen molar-refractivity contribution >= 4 is 16.8 Å². The lowest BCUT2D eigenvalue weighted by Crippen LogP contribution is -2.29. The Morgan fingerprint density at radius 1 is 1.21 bits per heavy atom. The van der Waals surface area contributed by atoms with Gasteiger partial charge in [0.05, 0.1) is 5.52 Å². The summed E-state index contributed by atoms with van der Waals surface area (Å²) in [4.78, 5) is 23.8. The molecule has 1 aromatic carbocycles. The van der Waals surface area contributed by atoms with Gasteiger partial charge in [-0.25, -0.2) is 9.97 Å². The molecule has 6 heteroatoms. The van der Waals surface area contributed by atoms with Crippen molar-refractivity contribution in [3.63, 3.8) is 0 Å². The van der Waals surface area contributed by atoms with E-state index in [0.29, 0.717) is 18.8 Å². The van der Waals surface area contributed by atoms with Gasteiger partial charge in [-0.2, -0.15) is 5.10 Å². The summed E-state index contributed by atoms with van der Waals surface area (Å²) < 4.78 is 0. The average molecular weight is 321 g/mol. The van der Waals surface area contributed by atoms with Crippen LogP contribution in [0.1, 0.15) is 40.0 Å². The van der Waals surface area contributed by atoms with Crippen LogP contribution in [0.5, 0.6) is 0 Å². The Hall–Kier alpha value is -2.76. The van der Waals surface area contributed by atoms with E-state index in [1.165, 1.54) is 0 Å². The molecule has 0 spiro atoms. The SMILES string of the molecule is Cc1cc(C)nc([C@H]2CCN(C(=O)c3n[nH]c4ccccc34)C2)n1. The van der Waals surface area contributed by atoms with Crippen molar-refractivity contribution < 1.29 is 4.79 Å². The van der Waals surface area contributed by atoms with Crippen LogP contribution in [0, 0.1) is 13.8 Å². The number of para-hydroxylation sites is 1. The quantitative estimate of drug-likeness (QED) is 0.787. The highest BCUT2D eigenvalue weighted by molar-refractivity contribution is 6.04. The van der Waals surface area contributed by atoms with E-state index in [-0.39, 0.29) is 11.8 Å². The minimum Gasteiger partial charge on any atom is -0.336 e. The van der Waals surface area contributed by atoms with Gasteiger partial charge in [0.1, 0.15) is 5.82 Å². The summed E-state index contributed by atoms with van der Waals surface area (Å²) in [5.74, 6) is 1.01. The van der Waals surface area contributed by atoms with Gasteiger partial charge in [-0.15, -0.1) is 0 Å². The molecule has 4 rings (SSSR count). The number of likely N-dealkylation sites (tertiary alicyclic amines) is 1. The van der Waals surface area contributed by atoms with E-state index >= 15 is 0 Å². The van der Waals surface area contributed by atoms with Gasteiger partial charge in [0.25, 0.3) is 5.91 Å². The molecular weight excluding hydrogens is 302 g/mol. The van der Waals surface area contributed by atoms with E-state index in [2.05, 4.69) is 20.2 Å². The number of benzene rings is 1. The van der Waals surface area contributed by atoms with Crippen molar-refractivity contribution in [1.29, 1.82) is 0 Å². The summed E-state index contributed by atoms with van der Waals surface area (Å²) in [6.07, 6.45) is 0.886. The number of fused-ring (bicyclic) bond motifs is 1. The molecule has 1 aliphatic heterocycles. The first-order valence-corrected chi connectivity index (χ1v) is 8.16. The highest BCUT2D eigenvalue weighted by atomic mass is 16.2. The molecule has 1 atom stereocenters. The van der Waals surface area contributed by atoms with E-state index < -0.39 is 0 Å². The Kier molecular flexibility index (Phi) is 3.52. The van der Waals surface area contributed by atoms with Crippen molar-refractivity contribution in [3.05, 3.63) is 53.2 Å². The van der Waals surface area contributed by atoms with Gasteiger partial charge in [0.15, 0.2) is 5.69 Å². The third-order valence-electron chi connectivity index (χ3n) is 4.51. The number of nitrogens with one attached hydrogen (secondary N) is 1. The van der Waals surface area contributed by atoms with Crippen LogP contribution in [0.25, 0.3) is 10.9 Å². The predicted molar refractivity (Wildman–Crippen MR) is 90.9 cm³/mol. The van der Waals surface area contributed by atoms with E-state index in [4.69, 9.17) is 0 Å². The molecule has 122 valence electrons. The van der Waals surface area contributed by atoms with Crippen molar-refractivity contribution in [2.45, 2.75) is 26.2 Å². The molecule has 1 amide bonds. The van der Waals surface area contributed by atoms with Crippen molar-refractivity contribution in [1.82, 2.24) is 25.1 Å². The van der Waals surface area contributed by atoms with Gasteiger partial charge in [-0.05, 0) is 32.4 Å². The van der Waals surface area contributed by atoms with E-state index in [0.717, 1.165) is 34.5 Å². The second-order valence-electron chi connectivity index (χ2n) is 6.36. The zero-order valence-electron chi connectivity index (χ0n) is 13.8. The first-order valence-electron chi connectivity index (χ1n) is 8.16. The summed E-state index contributed by atoms with van der Waals surface area (Å²) in [5, 5.41) is 8.02. The summed E-state index contributed by atoms with van der Waals surface area (Å²) in [5.41, 5.74) is 3.32. The molecule has 1 aliphatic rings. The number of hydrogen-bond acceptors (Lipinski definition) is 4. The lowest BCUT2D eigenvalue weighted by atomic mass is 10.1. The number of carbonyl (C=O) groups is 1. The lowest BCUT2D eigenvalue weighted by molar-refractivity contribution is 0.0786. The van der Waals surface area contributed by atoms with Crippen molar-refractivity contribution in [2.75, 3.05) is 13.1 Å². The maximum Gasteiger partial charge on any atom is 0.275 e. The normalized spacial score (nSPS) is 17.6. The second kappa shape index (κ2) is 5.70. The van der Waals surface area contributed by atoms with Gasteiger partial charge in [-0.3, -0.25) is 9.89 Å². The highest BCUT2D eigenvalue weighted by Crippen LogP contribution is 2.27. The zero-order chi connectivity index (χ0) is 16.7. The van der Waals surface area contributed by atoms with Crippen LogP contribution in [0.15, 0.2) is 30.3 Å². The molecule has 2 aromatic heterocycles. The summed E-state index contributed by atoms with van der Waals surface area (Å²) >= 11 is 0. The number of amides is 1. The van der Waals surface area contributed by atoms with E-state index in [1.807, 2.05) is 49.1 Å². The van der Waals surface area contributed by atoms with E-state index in [9.17, 15) is 4.79 Å². The molecule has 0 unspecified atom stereocenters. The smallest absolute Gasteiger partial charge is 0.275 e. The highest BCUT2D eigenvalue weighted by Gasteiger charge is 2.31. The van der Waals surface area contributed by atoms with Crippen molar-refractivity contribution in [3.8, 4) is 0 Å². The molecule has 6 nitrogen and oxygen atoms in total. The fraction of sp³-hybridized carbons (Fsp3) is 0.333. The Labute approximate surface area is 139 Å². The first-order chi connectivity index (χ1) is 11.6. The summed E-state index contributed by atoms with van der Waals surface area (Å²) in [6.45, 7) is 5.31. The number of aromatic nitrogens is 4. The van der Waals surface area contributed by atoms with Crippen LogP contribution in [0.2, 0.25) is 0 Å². The van der Waals surface area contributed by atoms with Gasteiger partial charge in [-0.1, -0.05) is 18.2 Å². The molecule has 0 bridgehead atoms. The molecule has 1 fully saturated rings. The Morgan fingerprint density at radius 2 is 1.96 bits per heavy atom. The Morgan fingerprint density at radius 3 is 2.75 bits per heavy atom. The average Bonchev–Trinajstić information content (AvgIpc) is 3.21. The third-order valence-corrected chi connectivity index (χ3v) is 4.51. The number of rotatable bonds is 2. The molecule has 0 radical (unpaired) electrons. The summed E-state index contributed by atoms with van der Waals surface area (Å²) in [6, 6.07) is 9.67. The maximum absolute atomic E-state index is 12.8. The molecule has 24 heavy (non-hydrogen) atoms. The number of carbonyl (C=O) groups excluding carboxylic acids is 1. The maximum atomic E-state index is 12.8. The van der Waals surface area contributed by atoms with Crippen LogP contribution in [0.3, 0.4) is 0 Å². The largest absolute Gasteiger partial charge is 0.336 e. The van der Waals surface area contributed by atoms with Gasteiger partial charge < -0.3 is 4.90 Å².